The average Bonchev–Trinajstić information content (AvgIpc) is 2.37. The molecule has 0 saturated carbocycles. The van der Waals surface area contributed by atoms with Crippen molar-refractivity contribution in [3.63, 3.8) is 0 Å². The van der Waals surface area contributed by atoms with Gasteiger partial charge >= 0.3 is 5.97 Å². The lowest BCUT2D eigenvalue weighted by molar-refractivity contribution is -0.384. The zero-order chi connectivity index (χ0) is 15.3. The number of non-ortho nitro benzene ring substituents is 1. The van der Waals surface area contributed by atoms with Crippen molar-refractivity contribution in [1.82, 2.24) is 0 Å². The van der Waals surface area contributed by atoms with Crippen molar-refractivity contribution in [3.05, 3.63) is 45.5 Å². The van der Waals surface area contributed by atoms with Gasteiger partial charge in [0.05, 0.1) is 27.8 Å². The summed E-state index contributed by atoms with van der Waals surface area (Å²) in [6.07, 6.45) is 1.51. The standard InChI is InChI=1S/C12H13ClN2O5/c1-2-3-14(4-5-16)11-9(12(17)18)6-8(15(19)20)7-10(11)13/h2,6-7,16H,1,3-5H2,(H,17,18). The maximum absolute atomic E-state index is 11.3. The summed E-state index contributed by atoms with van der Waals surface area (Å²) in [5.74, 6) is -1.34. The first-order valence-electron chi connectivity index (χ1n) is 5.60. The van der Waals surface area contributed by atoms with Gasteiger partial charge in [-0.1, -0.05) is 17.7 Å². The largest absolute Gasteiger partial charge is 0.478 e. The van der Waals surface area contributed by atoms with Crippen molar-refractivity contribution in [2.24, 2.45) is 0 Å². The SMILES string of the molecule is C=CCN(CCO)c1c(Cl)cc([N+](=O)[O-])cc1C(=O)O. The molecule has 0 aliphatic heterocycles. The van der Waals surface area contributed by atoms with Crippen LogP contribution in [0.15, 0.2) is 24.8 Å². The first kappa shape index (κ1) is 15.9. The topological polar surface area (TPSA) is 104 Å². The summed E-state index contributed by atoms with van der Waals surface area (Å²) in [4.78, 5) is 22.8. The Morgan fingerprint density at radius 2 is 2.20 bits per heavy atom. The lowest BCUT2D eigenvalue weighted by Crippen LogP contribution is -2.28. The number of carboxylic acid groups (broad SMARTS) is 1. The van der Waals surface area contributed by atoms with Crippen LogP contribution in [-0.4, -0.2) is 40.8 Å². The van der Waals surface area contributed by atoms with Crippen molar-refractivity contribution >= 4 is 28.9 Å². The number of aromatic carboxylic acids is 1. The molecule has 0 unspecified atom stereocenters. The molecule has 0 heterocycles. The second-order valence-electron chi connectivity index (χ2n) is 3.84. The van der Waals surface area contributed by atoms with Crippen LogP contribution in [0.1, 0.15) is 10.4 Å². The molecule has 0 aliphatic rings. The van der Waals surface area contributed by atoms with Crippen molar-refractivity contribution in [2.45, 2.75) is 0 Å². The summed E-state index contributed by atoms with van der Waals surface area (Å²) in [6, 6.07) is 2.02. The van der Waals surface area contributed by atoms with Gasteiger partial charge in [-0.15, -0.1) is 6.58 Å². The van der Waals surface area contributed by atoms with Crippen LogP contribution < -0.4 is 4.90 Å². The fraction of sp³-hybridized carbons (Fsp3) is 0.250. The highest BCUT2D eigenvalue weighted by Gasteiger charge is 2.23. The number of anilines is 1. The van der Waals surface area contributed by atoms with Crippen molar-refractivity contribution in [1.29, 1.82) is 0 Å². The van der Waals surface area contributed by atoms with Crippen LogP contribution in [0.25, 0.3) is 0 Å². The number of benzene rings is 1. The molecular formula is C12H13ClN2O5. The first-order valence-corrected chi connectivity index (χ1v) is 5.98. The van der Waals surface area contributed by atoms with E-state index in [0.717, 1.165) is 12.1 Å². The van der Waals surface area contributed by atoms with Gasteiger partial charge in [-0.2, -0.15) is 0 Å². The maximum atomic E-state index is 11.3. The number of nitrogens with zero attached hydrogens (tertiary/aromatic N) is 2. The molecule has 0 aromatic heterocycles. The molecule has 0 spiro atoms. The number of aliphatic hydroxyl groups excluding tert-OH is 1. The highest BCUT2D eigenvalue weighted by molar-refractivity contribution is 6.34. The Morgan fingerprint density at radius 1 is 1.55 bits per heavy atom. The summed E-state index contributed by atoms with van der Waals surface area (Å²) >= 11 is 5.96. The van der Waals surface area contributed by atoms with Crippen LogP contribution in [0.3, 0.4) is 0 Å². The fourth-order valence-corrected chi connectivity index (χ4v) is 2.08. The van der Waals surface area contributed by atoms with Crippen LogP contribution in [0.2, 0.25) is 5.02 Å². The average molecular weight is 301 g/mol. The summed E-state index contributed by atoms with van der Waals surface area (Å²) in [7, 11) is 0. The summed E-state index contributed by atoms with van der Waals surface area (Å²) < 4.78 is 0. The van der Waals surface area contributed by atoms with Gasteiger partial charge in [-0.25, -0.2) is 4.79 Å². The highest BCUT2D eigenvalue weighted by Crippen LogP contribution is 2.34. The Balaban J connectivity index is 3.46. The van der Waals surface area contributed by atoms with Crippen LogP contribution in [0, 0.1) is 10.1 Å². The van der Waals surface area contributed by atoms with E-state index in [1.807, 2.05) is 0 Å². The van der Waals surface area contributed by atoms with Crippen LogP contribution >= 0.6 is 11.6 Å². The van der Waals surface area contributed by atoms with Crippen LogP contribution in [-0.2, 0) is 0 Å². The second-order valence-corrected chi connectivity index (χ2v) is 4.25. The van der Waals surface area contributed by atoms with Crippen molar-refractivity contribution in [3.8, 4) is 0 Å². The number of hydrogen-bond donors (Lipinski definition) is 2. The third kappa shape index (κ3) is 3.46. The van der Waals surface area contributed by atoms with E-state index < -0.39 is 16.6 Å². The van der Waals surface area contributed by atoms with Crippen LogP contribution in [0.4, 0.5) is 11.4 Å². The molecule has 2 N–H and O–H groups in total. The van der Waals surface area contributed by atoms with E-state index in [0.29, 0.717) is 0 Å². The molecule has 0 radical (unpaired) electrons. The zero-order valence-corrected chi connectivity index (χ0v) is 11.2. The third-order valence-electron chi connectivity index (χ3n) is 2.53. The summed E-state index contributed by atoms with van der Waals surface area (Å²) in [5, 5.41) is 28.9. The molecule has 0 amide bonds. The van der Waals surface area contributed by atoms with Gasteiger partial charge in [0.2, 0.25) is 0 Å². The maximum Gasteiger partial charge on any atom is 0.338 e. The minimum Gasteiger partial charge on any atom is -0.478 e. The highest BCUT2D eigenvalue weighted by atomic mass is 35.5. The second kappa shape index (κ2) is 6.88. The monoisotopic (exact) mass is 300 g/mol. The lowest BCUT2D eigenvalue weighted by Gasteiger charge is -2.25. The Morgan fingerprint density at radius 3 is 2.65 bits per heavy atom. The third-order valence-corrected chi connectivity index (χ3v) is 2.81. The quantitative estimate of drug-likeness (QED) is 0.453. The van der Waals surface area contributed by atoms with E-state index in [1.165, 1.54) is 11.0 Å². The fourth-order valence-electron chi connectivity index (χ4n) is 1.75. The van der Waals surface area contributed by atoms with Crippen LogP contribution in [0.5, 0.6) is 0 Å². The Kier molecular flexibility index (Phi) is 5.48. The van der Waals surface area contributed by atoms with Gasteiger partial charge in [0.15, 0.2) is 0 Å². The lowest BCUT2D eigenvalue weighted by atomic mass is 10.1. The molecule has 1 aromatic rings. The Labute approximate surface area is 119 Å². The molecule has 0 fully saturated rings. The molecule has 20 heavy (non-hydrogen) atoms. The van der Waals surface area contributed by atoms with E-state index in [2.05, 4.69) is 6.58 Å². The van der Waals surface area contributed by atoms with E-state index in [9.17, 15) is 20.0 Å². The smallest absolute Gasteiger partial charge is 0.338 e. The molecule has 0 atom stereocenters. The van der Waals surface area contributed by atoms with Gasteiger partial charge in [0, 0.05) is 25.2 Å². The number of carbonyl (C=O) groups is 1. The summed E-state index contributed by atoms with van der Waals surface area (Å²) in [6.45, 7) is 3.69. The summed E-state index contributed by atoms with van der Waals surface area (Å²) in [5.41, 5.74) is -0.572. The predicted molar refractivity (Wildman–Crippen MR) is 74.6 cm³/mol. The van der Waals surface area contributed by atoms with E-state index >= 15 is 0 Å². The van der Waals surface area contributed by atoms with Gasteiger partial charge < -0.3 is 15.1 Å². The molecule has 0 aliphatic carbocycles. The minimum atomic E-state index is -1.34. The number of aliphatic hydroxyl groups is 1. The molecule has 0 saturated heterocycles. The predicted octanol–water partition coefficient (Wildman–Crippen LogP) is 1.93. The number of halogens is 1. The Bertz CT molecular complexity index is 547. The molecule has 108 valence electrons. The van der Waals surface area contributed by atoms with Gasteiger partial charge in [0.25, 0.3) is 5.69 Å². The number of carboxylic acids is 1. The number of rotatable bonds is 7. The van der Waals surface area contributed by atoms with E-state index in [1.54, 1.807) is 0 Å². The first-order chi connectivity index (χ1) is 9.42. The molecule has 8 heteroatoms. The van der Waals surface area contributed by atoms with Crippen molar-refractivity contribution < 1.29 is 19.9 Å². The van der Waals surface area contributed by atoms with E-state index in [-0.39, 0.29) is 36.0 Å². The molecule has 1 rings (SSSR count). The number of hydrogen-bond acceptors (Lipinski definition) is 5. The Hall–Kier alpha value is -2.12. The molecule has 7 nitrogen and oxygen atoms in total. The van der Waals surface area contributed by atoms with Gasteiger partial charge in [-0.3, -0.25) is 10.1 Å². The van der Waals surface area contributed by atoms with Gasteiger partial charge in [-0.05, 0) is 0 Å². The molecule has 1 aromatic carbocycles. The molecular weight excluding hydrogens is 288 g/mol. The minimum absolute atomic E-state index is 0.0631. The van der Waals surface area contributed by atoms with E-state index in [4.69, 9.17) is 16.7 Å². The van der Waals surface area contributed by atoms with Gasteiger partial charge in [0.1, 0.15) is 0 Å². The molecule has 0 bridgehead atoms. The number of nitro groups is 1. The van der Waals surface area contributed by atoms with Crippen molar-refractivity contribution in [2.75, 3.05) is 24.6 Å². The zero-order valence-electron chi connectivity index (χ0n) is 10.5. The number of nitro benzene ring substituents is 1. The normalized spacial score (nSPS) is 10.1.